The Morgan fingerprint density at radius 1 is 1.28 bits per heavy atom. The van der Waals surface area contributed by atoms with Crippen molar-refractivity contribution >= 4 is 11.8 Å². The largest absolute Gasteiger partial charge is 0.493 e. The van der Waals surface area contributed by atoms with Crippen molar-refractivity contribution in [3.63, 3.8) is 0 Å². The Bertz CT molecular complexity index is 671. The van der Waals surface area contributed by atoms with E-state index in [1.54, 1.807) is 11.8 Å². The number of nitrogens with one attached hydrogen (secondary N) is 1. The average molecular weight is 364 g/mol. The number of aryl methyl sites for hydroxylation is 1. The molecule has 1 aliphatic rings. The van der Waals surface area contributed by atoms with Crippen LogP contribution < -0.4 is 9.64 Å². The highest BCUT2D eigenvalue weighted by Crippen LogP contribution is 2.18. The average Bonchev–Trinajstić information content (AvgIpc) is 3.01. The van der Waals surface area contributed by atoms with Gasteiger partial charge in [0, 0.05) is 12.3 Å². The van der Waals surface area contributed by atoms with Gasteiger partial charge < -0.3 is 18.9 Å². The van der Waals surface area contributed by atoms with Gasteiger partial charge in [-0.05, 0) is 31.5 Å². The number of thioether (sulfide) groups is 1. The van der Waals surface area contributed by atoms with Gasteiger partial charge in [-0.25, -0.2) is 0 Å². The van der Waals surface area contributed by atoms with Crippen molar-refractivity contribution in [1.29, 1.82) is 0 Å². The molecule has 136 valence electrons. The Labute approximate surface area is 153 Å². The summed E-state index contributed by atoms with van der Waals surface area (Å²) in [7, 11) is 0. The first-order valence-corrected chi connectivity index (χ1v) is 9.90. The fourth-order valence-corrected chi connectivity index (χ4v) is 3.77. The topological polar surface area (TPSA) is 53.6 Å². The van der Waals surface area contributed by atoms with Crippen LogP contribution in [0.2, 0.25) is 0 Å². The van der Waals surface area contributed by atoms with Crippen LogP contribution in [0.5, 0.6) is 5.75 Å². The molecule has 1 saturated heterocycles. The maximum Gasteiger partial charge on any atom is 0.191 e. The molecule has 0 bridgehead atoms. The molecule has 1 aromatic carbocycles. The molecule has 7 heteroatoms. The zero-order valence-corrected chi connectivity index (χ0v) is 15.8. The molecule has 2 aromatic rings. The van der Waals surface area contributed by atoms with E-state index in [0.717, 1.165) is 61.9 Å². The van der Waals surface area contributed by atoms with Gasteiger partial charge in [0.25, 0.3) is 0 Å². The van der Waals surface area contributed by atoms with E-state index in [9.17, 15) is 0 Å². The number of ether oxygens (including phenoxy) is 2. The van der Waals surface area contributed by atoms with Crippen LogP contribution in [0.25, 0.3) is 0 Å². The first-order valence-electron chi connectivity index (χ1n) is 8.92. The van der Waals surface area contributed by atoms with Crippen molar-refractivity contribution in [1.82, 2.24) is 14.8 Å². The third-order valence-electron chi connectivity index (χ3n) is 4.29. The van der Waals surface area contributed by atoms with Crippen molar-refractivity contribution in [2.75, 3.05) is 38.7 Å². The van der Waals surface area contributed by atoms with Gasteiger partial charge in [0.1, 0.15) is 25.4 Å². The van der Waals surface area contributed by atoms with E-state index in [0.29, 0.717) is 6.61 Å². The van der Waals surface area contributed by atoms with E-state index in [1.165, 1.54) is 10.5 Å². The smallest absolute Gasteiger partial charge is 0.191 e. The number of benzene rings is 1. The van der Waals surface area contributed by atoms with E-state index in [1.807, 2.05) is 12.1 Å². The van der Waals surface area contributed by atoms with Gasteiger partial charge in [0.05, 0.1) is 19.8 Å². The third kappa shape index (κ3) is 5.20. The summed E-state index contributed by atoms with van der Waals surface area (Å²) in [5, 5.41) is 9.79. The summed E-state index contributed by atoms with van der Waals surface area (Å²) in [5.41, 5.74) is 1.21. The molecule has 1 aliphatic heterocycles. The van der Waals surface area contributed by atoms with Crippen molar-refractivity contribution in [2.45, 2.75) is 32.1 Å². The predicted octanol–water partition coefficient (Wildman–Crippen LogP) is 1.19. The molecule has 0 spiro atoms. The zero-order valence-electron chi connectivity index (χ0n) is 15.0. The Kier molecular flexibility index (Phi) is 6.72. The lowest BCUT2D eigenvalue weighted by atomic mass is 10.2. The monoisotopic (exact) mass is 363 g/mol. The Hall–Kier alpha value is -1.57. The first-order chi connectivity index (χ1) is 12.3. The van der Waals surface area contributed by atoms with Crippen LogP contribution in [0.3, 0.4) is 0 Å². The van der Waals surface area contributed by atoms with Gasteiger partial charge in [-0.3, -0.25) is 0 Å². The quantitative estimate of drug-likeness (QED) is 0.564. The molecule has 0 atom stereocenters. The van der Waals surface area contributed by atoms with Crippen molar-refractivity contribution in [3.05, 3.63) is 35.7 Å². The molecule has 1 N–H and O–H groups in total. The number of rotatable bonds is 8. The fourth-order valence-electron chi connectivity index (χ4n) is 2.93. The van der Waals surface area contributed by atoms with E-state index in [2.05, 4.69) is 40.7 Å². The highest BCUT2D eigenvalue weighted by Gasteiger charge is 2.19. The number of aromatic nitrogens is 3. The minimum atomic E-state index is 0.661. The Balaban J connectivity index is 1.50. The number of quaternary nitrogens is 1. The Morgan fingerprint density at radius 2 is 2.12 bits per heavy atom. The summed E-state index contributed by atoms with van der Waals surface area (Å²) in [6.45, 7) is 10.5. The Morgan fingerprint density at radius 3 is 2.88 bits per heavy atom. The lowest BCUT2D eigenvalue weighted by Crippen LogP contribution is -3.12. The van der Waals surface area contributed by atoms with Crippen LogP contribution in [-0.2, 0) is 17.8 Å². The molecule has 6 nitrogen and oxygen atoms in total. The van der Waals surface area contributed by atoms with Gasteiger partial charge in [0.2, 0.25) is 0 Å². The van der Waals surface area contributed by atoms with Crippen molar-refractivity contribution < 1.29 is 14.4 Å². The lowest BCUT2D eigenvalue weighted by Gasteiger charge is -2.23. The summed E-state index contributed by atoms with van der Waals surface area (Å²) in [6.07, 6.45) is 0. The second-order valence-corrected chi connectivity index (χ2v) is 7.26. The molecule has 1 fully saturated rings. The molecule has 0 aliphatic carbocycles. The highest BCUT2D eigenvalue weighted by molar-refractivity contribution is 7.99. The number of morpholine rings is 1. The summed E-state index contributed by atoms with van der Waals surface area (Å²) in [6, 6.07) is 8.15. The summed E-state index contributed by atoms with van der Waals surface area (Å²) >= 11 is 1.71. The molecule has 3 rings (SSSR count). The molecule has 0 unspecified atom stereocenters. The normalized spacial score (nSPS) is 15.4. The molecule has 2 heterocycles. The van der Waals surface area contributed by atoms with E-state index >= 15 is 0 Å². The fraction of sp³-hybridized carbons (Fsp3) is 0.556. The standard InChI is InChI=1S/C18H26N4O2S/c1-3-22-17(14-21-7-9-23-10-8-21)19-20-18(22)25-12-11-24-16-6-4-5-15(2)13-16/h4-6,13H,3,7-12,14H2,1-2H3/p+1. The van der Waals surface area contributed by atoms with Crippen LogP contribution >= 0.6 is 11.8 Å². The number of hydrogen-bond acceptors (Lipinski definition) is 5. The lowest BCUT2D eigenvalue weighted by molar-refractivity contribution is -0.922. The van der Waals surface area contributed by atoms with E-state index in [4.69, 9.17) is 9.47 Å². The second kappa shape index (κ2) is 9.22. The minimum Gasteiger partial charge on any atom is -0.493 e. The predicted molar refractivity (Wildman–Crippen MR) is 98.3 cm³/mol. The SMILES string of the molecule is CCn1c(C[NH+]2CCOCC2)nnc1SCCOc1cccc(C)c1. The van der Waals surface area contributed by atoms with E-state index < -0.39 is 0 Å². The second-order valence-electron chi connectivity index (χ2n) is 6.20. The van der Waals surface area contributed by atoms with Gasteiger partial charge in [-0.1, -0.05) is 23.9 Å². The van der Waals surface area contributed by atoms with Crippen LogP contribution in [-0.4, -0.2) is 53.4 Å². The zero-order chi connectivity index (χ0) is 17.5. The van der Waals surface area contributed by atoms with Gasteiger partial charge in [-0.2, -0.15) is 0 Å². The number of nitrogens with zero attached hydrogens (tertiary/aromatic N) is 3. The van der Waals surface area contributed by atoms with Gasteiger partial charge >= 0.3 is 0 Å². The van der Waals surface area contributed by atoms with Crippen LogP contribution in [0, 0.1) is 6.92 Å². The van der Waals surface area contributed by atoms with Crippen LogP contribution in [0.15, 0.2) is 29.4 Å². The molecular formula is C18H27N4O2S+. The maximum atomic E-state index is 5.81. The summed E-state index contributed by atoms with van der Waals surface area (Å²) < 4.78 is 13.5. The first kappa shape index (κ1) is 18.2. The van der Waals surface area contributed by atoms with Crippen LogP contribution in [0.1, 0.15) is 18.3 Å². The molecular weight excluding hydrogens is 336 g/mol. The highest BCUT2D eigenvalue weighted by atomic mass is 32.2. The third-order valence-corrected chi connectivity index (χ3v) is 5.22. The van der Waals surface area contributed by atoms with Crippen molar-refractivity contribution in [3.8, 4) is 5.75 Å². The molecule has 0 radical (unpaired) electrons. The molecule has 1 aromatic heterocycles. The summed E-state index contributed by atoms with van der Waals surface area (Å²) in [4.78, 5) is 1.52. The minimum absolute atomic E-state index is 0.661. The maximum absolute atomic E-state index is 5.81. The summed E-state index contributed by atoms with van der Waals surface area (Å²) in [5.74, 6) is 2.85. The molecule has 0 saturated carbocycles. The molecule has 0 amide bonds. The van der Waals surface area contributed by atoms with Crippen molar-refractivity contribution in [2.24, 2.45) is 0 Å². The number of hydrogen-bond donors (Lipinski definition) is 1. The molecule has 25 heavy (non-hydrogen) atoms. The van der Waals surface area contributed by atoms with Gasteiger partial charge in [0.15, 0.2) is 11.0 Å². The van der Waals surface area contributed by atoms with Gasteiger partial charge in [-0.15, -0.1) is 10.2 Å². The van der Waals surface area contributed by atoms with E-state index in [-0.39, 0.29) is 0 Å². The van der Waals surface area contributed by atoms with Crippen LogP contribution in [0.4, 0.5) is 0 Å².